The SMILES string of the molecule is CCCCCC(N)(C(=O)O)C(=O)N1CCOCC1. The van der Waals surface area contributed by atoms with Crippen LogP contribution in [-0.4, -0.2) is 53.7 Å². The van der Waals surface area contributed by atoms with E-state index >= 15 is 0 Å². The predicted octanol–water partition coefficient (Wildman–Crippen LogP) is 0.208. The zero-order valence-electron chi connectivity index (χ0n) is 10.9. The quantitative estimate of drug-likeness (QED) is 0.524. The van der Waals surface area contributed by atoms with Crippen LogP contribution in [0.4, 0.5) is 0 Å². The van der Waals surface area contributed by atoms with Crippen LogP contribution in [0.3, 0.4) is 0 Å². The van der Waals surface area contributed by atoms with Crippen molar-refractivity contribution in [1.82, 2.24) is 4.90 Å². The monoisotopic (exact) mass is 258 g/mol. The molecule has 1 aliphatic heterocycles. The number of nitrogens with two attached hydrogens (primary N) is 1. The molecule has 1 unspecified atom stereocenters. The van der Waals surface area contributed by atoms with Gasteiger partial charge in [0.1, 0.15) is 0 Å². The van der Waals surface area contributed by atoms with E-state index < -0.39 is 17.4 Å². The molecule has 0 spiro atoms. The van der Waals surface area contributed by atoms with E-state index in [1.165, 1.54) is 4.90 Å². The third-order valence-corrected chi connectivity index (χ3v) is 3.24. The molecule has 1 atom stereocenters. The Kier molecular flexibility index (Phi) is 5.55. The van der Waals surface area contributed by atoms with E-state index in [1.807, 2.05) is 6.92 Å². The number of carboxylic acids is 1. The zero-order valence-corrected chi connectivity index (χ0v) is 10.9. The highest BCUT2D eigenvalue weighted by molar-refractivity contribution is 6.06. The standard InChI is InChI=1S/C12H22N2O4/c1-2-3-4-5-12(13,11(16)17)10(15)14-6-8-18-9-7-14/h2-9,13H2,1H3,(H,16,17). The lowest BCUT2D eigenvalue weighted by Crippen LogP contribution is -2.62. The van der Waals surface area contributed by atoms with Crippen LogP contribution in [0.5, 0.6) is 0 Å². The Bertz CT molecular complexity index is 302. The molecular weight excluding hydrogens is 236 g/mol. The molecule has 1 fully saturated rings. The summed E-state index contributed by atoms with van der Waals surface area (Å²) in [5.41, 5.74) is 4.04. The summed E-state index contributed by atoms with van der Waals surface area (Å²) in [5, 5.41) is 9.23. The van der Waals surface area contributed by atoms with Crippen molar-refractivity contribution in [1.29, 1.82) is 0 Å². The van der Waals surface area contributed by atoms with Crippen LogP contribution in [0.15, 0.2) is 0 Å². The van der Waals surface area contributed by atoms with Crippen molar-refractivity contribution in [3.8, 4) is 0 Å². The second-order valence-electron chi connectivity index (χ2n) is 4.64. The fourth-order valence-electron chi connectivity index (χ4n) is 2.01. The van der Waals surface area contributed by atoms with Gasteiger partial charge >= 0.3 is 5.97 Å². The number of ether oxygens (including phenoxy) is 1. The van der Waals surface area contributed by atoms with Crippen molar-refractivity contribution in [2.24, 2.45) is 5.73 Å². The summed E-state index contributed by atoms with van der Waals surface area (Å²) in [6, 6.07) is 0. The number of hydrogen-bond acceptors (Lipinski definition) is 4. The van der Waals surface area contributed by atoms with Crippen molar-refractivity contribution in [3.63, 3.8) is 0 Å². The maximum Gasteiger partial charge on any atom is 0.333 e. The first-order chi connectivity index (χ1) is 8.52. The van der Waals surface area contributed by atoms with E-state index in [-0.39, 0.29) is 6.42 Å². The minimum atomic E-state index is -1.79. The molecule has 1 rings (SSSR count). The topological polar surface area (TPSA) is 92.9 Å². The van der Waals surface area contributed by atoms with Gasteiger partial charge in [0, 0.05) is 13.1 Å². The highest BCUT2D eigenvalue weighted by Crippen LogP contribution is 2.17. The van der Waals surface area contributed by atoms with E-state index in [1.54, 1.807) is 0 Å². The molecule has 0 aliphatic carbocycles. The first kappa shape index (κ1) is 14.9. The molecule has 104 valence electrons. The Hall–Kier alpha value is -1.14. The minimum absolute atomic E-state index is 0.187. The molecule has 6 nitrogen and oxygen atoms in total. The molecule has 0 aromatic carbocycles. The summed E-state index contributed by atoms with van der Waals surface area (Å²) in [4.78, 5) is 25.0. The van der Waals surface area contributed by atoms with Crippen molar-refractivity contribution in [3.05, 3.63) is 0 Å². The van der Waals surface area contributed by atoms with Crippen LogP contribution in [0.25, 0.3) is 0 Å². The van der Waals surface area contributed by atoms with E-state index in [4.69, 9.17) is 10.5 Å². The Balaban J connectivity index is 2.69. The molecule has 0 bridgehead atoms. The van der Waals surface area contributed by atoms with Crippen molar-refractivity contribution < 1.29 is 19.4 Å². The van der Waals surface area contributed by atoms with E-state index in [0.717, 1.165) is 12.8 Å². The number of carbonyl (C=O) groups is 2. The van der Waals surface area contributed by atoms with Gasteiger partial charge in [-0.05, 0) is 6.42 Å². The van der Waals surface area contributed by atoms with Crippen molar-refractivity contribution in [2.45, 2.75) is 38.1 Å². The maximum absolute atomic E-state index is 12.2. The average molecular weight is 258 g/mol. The van der Waals surface area contributed by atoms with Gasteiger partial charge in [0.05, 0.1) is 13.2 Å². The summed E-state index contributed by atoms with van der Waals surface area (Å²) in [7, 11) is 0. The summed E-state index contributed by atoms with van der Waals surface area (Å²) >= 11 is 0. The van der Waals surface area contributed by atoms with Crippen LogP contribution < -0.4 is 5.73 Å². The fraction of sp³-hybridized carbons (Fsp3) is 0.833. The number of amides is 1. The Morgan fingerprint density at radius 3 is 2.44 bits per heavy atom. The van der Waals surface area contributed by atoms with Gasteiger partial charge in [-0.3, -0.25) is 4.79 Å². The van der Waals surface area contributed by atoms with Crippen LogP contribution >= 0.6 is 0 Å². The number of aliphatic carboxylic acids is 1. The number of hydrogen-bond donors (Lipinski definition) is 2. The third-order valence-electron chi connectivity index (χ3n) is 3.24. The lowest BCUT2D eigenvalue weighted by molar-refractivity contribution is -0.155. The molecule has 1 saturated heterocycles. The summed E-state index contributed by atoms with van der Waals surface area (Å²) in [5.74, 6) is -1.73. The molecule has 18 heavy (non-hydrogen) atoms. The van der Waals surface area contributed by atoms with Gasteiger partial charge in [0.15, 0.2) is 5.54 Å². The number of nitrogens with zero attached hydrogens (tertiary/aromatic N) is 1. The first-order valence-corrected chi connectivity index (χ1v) is 6.41. The number of unbranched alkanes of at least 4 members (excludes halogenated alkanes) is 2. The largest absolute Gasteiger partial charge is 0.479 e. The van der Waals surface area contributed by atoms with Crippen molar-refractivity contribution in [2.75, 3.05) is 26.3 Å². The Labute approximate surface area is 107 Å². The summed E-state index contributed by atoms with van der Waals surface area (Å²) in [6.45, 7) is 3.73. The van der Waals surface area contributed by atoms with Gasteiger partial charge < -0.3 is 20.5 Å². The van der Waals surface area contributed by atoms with Gasteiger partial charge in [-0.1, -0.05) is 26.2 Å². The Morgan fingerprint density at radius 1 is 1.33 bits per heavy atom. The van der Waals surface area contributed by atoms with Gasteiger partial charge in [0.2, 0.25) is 0 Å². The first-order valence-electron chi connectivity index (χ1n) is 6.41. The van der Waals surface area contributed by atoms with E-state index in [2.05, 4.69) is 0 Å². The molecule has 1 aliphatic rings. The minimum Gasteiger partial charge on any atom is -0.479 e. The molecule has 0 aromatic heterocycles. The maximum atomic E-state index is 12.2. The predicted molar refractivity (Wildman–Crippen MR) is 66.1 cm³/mol. The zero-order chi connectivity index (χ0) is 13.6. The fourth-order valence-corrected chi connectivity index (χ4v) is 2.01. The lowest BCUT2D eigenvalue weighted by atomic mass is 9.91. The lowest BCUT2D eigenvalue weighted by Gasteiger charge is -2.33. The summed E-state index contributed by atoms with van der Waals surface area (Å²) < 4.78 is 5.14. The number of morpholine rings is 1. The van der Waals surface area contributed by atoms with Gasteiger partial charge in [-0.15, -0.1) is 0 Å². The van der Waals surface area contributed by atoms with Gasteiger partial charge in [-0.2, -0.15) is 0 Å². The van der Waals surface area contributed by atoms with E-state index in [0.29, 0.717) is 32.7 Å². The molecule has 1 heterocycles. The van der Waals surface area contributed by atoms with Gasteiger partial charge in [-0.25, -0.2) is 4.79 Å². The molecule has 0 saturated carbocycles. The number of carbonyl (C=O) groups excluding carboxylic acids is 1. The molecule has 6 heteroatoms. The second-order valence-corrected chi connectivity index (χ2v) is 4.64. The molecular formula is C12H22N2O4. The number of carboxylic acid groups (broad SMARTS) is 1. The normalized spacial score (nSPS) is 19.3. The Morgan fingerprint density at radius 2 is 1.94 bits per heavy atom. The highest BCUT2D eigenvalue weighted by Gasteiger charge is 2.44. The van der Waals surface area contributed by atoms with Crippen LogP contribution in [0, 0.1) is 0 Å². The van der Waals surface area contributed by atoms with Gasteiger partial charge in [0.25, 0.3) is 5.91 Å². The van der Waals surface area contributed by atoms with Crippen LogP contribution in [0.2, 0.25) is 0 Å². The van der Waals surface area contributed by atoms with E-state index in [9.17, 15) is 14.7 Å². The van der Waals surface area contributed by atoms with Crippen LogP contribution in [-0.2, 0) is 14.3 Å². The average Bonchev–Trinajstić information content (AvgIpc) is 2.38. The van der Waals surface area contributed by atoms with Crippen LogP contribution in [0.1, 0.15) is 32.6 Å². The second kappa shape index (κ2) is 6.70. The third kappa shape index (κ3) is 3.43. The summed E-state index contributed by atoms with van der Waals surface area (Å²) in [6.07, 6.45) is 2.67. The molecule has 0 aromatic rings. The molecule has 0 radical (unpaired) electrons. The smallest absolute Gasteiger partial charge is 0.333 e. The molecule has 1 amide bonds. The molecule has 3 N–H and O–H groups in total. The highest BCUT2D eigenvalue weighted by atomic mass is 16.5. The van der Waals surface area contributed by atoms with Crippen molar-refractivity contribution >= 4 is 11.9 Å². The number of rotatable bonds is 6.